The van der Waals surface area contributed by atoms with E-state index in [0.29, 0.717) is 24.9 Å². The molecule has 0 bridgehead atoms. The van der Waals surface area contributed by atoms with Crippen molar-refractivity contribution in [3.8, 4) is 18.2 Å². The van der Waals surface area contributed by atoms with Crippen LogP contribution in [0.4, 0.5) is 0 Å². The lowest BCUT2D eigenvalue weighted by Crippen LogP contribution is -2.64. The Morgan fingerprint density at radius 2 is 1.61 bits per heavy atom. The number of likely N-dealkylation sites (tertiary alicyclic amines) is 1. The number of rotatable bonds is 2. The molecule has 2 fully saturated rings. The average molecular weight is 379 g/mol. The summed E-state index contributed by atoms with van der Waals surface area (Å²) in [6, 6.07) is 7.54. The van der Waals surface area contributed by atoms with Crippen molar-refractivity contribution in [3.63, 3.8) is 0 Å². The Balaban J connectivity index is 2.16. The van der Waals surface area contributed by atoms with Crippen LogP contribution in [0.1, 0.15) is 40.5 Å². The molecule has 28 heavy (non-hydrogen) atoms. The quantitative estimate of drug-likeness (QED) is 0.744. The van der Waals surface area contributed by atoms with E-state index in [9.17, 15) is 15.8 Å². The molecular formula is C22H30N6. The molecule has 0 radical (unpaired) electrons. The number of fused-ring (bicyclic) bond motifs is 2. The number of hydrogen-bond acceptors (Lipinski definition) is 6. The van der Waals surface area contributed by atoms with Gasteiger partial charge in [-0.05, 0) is 59.2 Å². The second-order valence-corrected chi connectivity index (χ2v) is 9.04. The summed E-state index contributed by atoms with van der Waals surface area (Å²) in [5.41, 5.74) is -1.16. The summed E-state index contributed by atoms with van der Waals surface area (Å²) in [7, 11) is 0. The highest BCUT2D eigenvalue weighted by molar-refractivity contribution is 6.00. The van der Waals surface area contributed by atoms with Gasteiger partial charge in [0.25, 0.3) is 0 Å². The largest absolute Gasteiger partial charge is 0.305 e. The molecule has 6 nitrogen and oxygen atoms in total. The molecule has 3 aliphatic rings. The van der Waals surface area contributed by atoms with E-state index >= 15 is 0 Å². The third kappa shape index (κ3) is 2.69. The zero-order valence-corrected chi connectivity index (χ0v) is 17.4. The van der Waals surface area contributed by atoms with Crippen molar-refractivity contribution in [2.75, 3.05) is 26.2 Å². The lowest BCUT2D eigenvalue weighted by atomic mass is 9.44. The molecule has 2 aliphatic heterocycles. The van der Waals surface area contributed by atoms with Gasteiger partial charge in [0.05, 0.1) is 23.9 Å². The third-order valence-electron chi connectivity index (χ3n) is 7.44. The van der Waals surface area contributed by atoms with Crippen molar-refractivity contribution in [2.45, 2.75) is 52.6 Å². The van der Waals surface area contributed by atoms with Crippen molar-refractivity contribution in [1.29, 1.82) is 21.2 Å². The highest BCUT2D eigenvalue weighted by atomic mass is 15.2. The SMILES string of the molecule is CC(C)N1CCC2(CC1)[C@@H]1CN(C(C)C)CC=C1[C@@H](C#N)C(=N)C2(C#N)C#N. The van der Waals surface area contributed by atoms with E-state index < -0.39 is 16.7 Å². The molecule has 0 aromatic heterocycles. The van der Waals surface area contributed by atoms with Gasteiger partial charge in [-0.1, -0.05) is 6.08 Å². The van der Waals surface area contributed by atoms with Crippen LogP contribution in [0.5, 0.6) is 0 Å². The lowest BCUT2D eigenvalue weighted by molar-refractivity contribution is -0.0168. The fourth-order valence-corrected chi connectivity index (χ4v) is 5.60. The van der Waals surface area contributed by atoms with Crippen molar-refractivity contribution >= 4 is 5.71 Å². The summed E-state index contributed by atoms with van der Waals surface area (Å²) < 4.78 is 0. The summed E-state index contributed by atoms with van der Waals surface area (Å²) in [5.74, 6) is -0.789. The van der Waals surface area contributed by atoms with Gasteiger partial charge in [0, 0.05) is 36.5 Å². The number of hydrogen-bond donors (Lipinski definition) is 1. The molecule has 1 saturated heterocycles. The van der Waals surface area contributed by atoms with Gasteiger partial charge in [0.15, 0.2) is 5.41 Å². The van der Waals surface area contributed by atoms with Crippen LogP contribution in [0.15, 0.2) is 11.6 Å². The average Bonchev–Trinajstić information content (AvgIpc) is 2.69. The van der Waals surface area contributed by atoms with E-state index in [1.165, 1.54) is 0 Å². The second kappa shape index (κ2) is 7.32. The molecule has 1 spiro atoms. The Bertz CT molecular complexity index is 780. The Kier molecular flexibility index (Phi) is 5.37. The maximum atomic E-state index is 10.2. The fourth-order valence-electron chi connectivity index (χ4n) is 5.60. The molecular weight excluding hydrogens is 348 g/mol. The molecule has 0 aromatic carbocycles. The van der Waals surface area contributed by atoms with E-state index in [1.54, 1.807) is 0 Å². The summed E-state index contributed by atoms with van der Waals surface area (Å²) in [6.45, 7) is 11.8. The standard InChI is InChI=1S/C22H30N6/c1-15(2)27-9-6-21(7-10-27)19-12-28(16(3)4)8-5-17(19)18(11-23)20(26)22(21,13-24)14-25/h5,15-16,18-19,26H,6-10,12H2,1-4H3/t18-,19-/m1/s1. The summed E-state index contributed by atoms with van der Waals surface area (Å²) in [4.78, 5) is 4.74. The van der Waals surface area contributed by atoms with E-state index in [-0.39, 0.29) is 11.6 Å². The Morgan fingerprint density at radius 3 is 2.07 bits per heavy atom. The lowest BCUT2D eigenvalue weighted by Gasteiger charge is -2.59. The highest BCUT2D eigenvalue weighted by Crippen LogP contribution is 2.61. The summed E-state index contributed by atoms with van der Waals surface area (Å²) in [5, 5.41) is 39.0. The first-order chi connectivity index (χ1) is 13.3. The van der Waals surface area contributed by atoms with Gasteiger partial charge in [-0.25, -0.2) is 0 Å². The maximum Gasteiger partial charge on any atom is 0.188 e. The van der Waals surface area contributed by atoms with Crippen LogP contribution in [0.3, 0.4) is 0 Å². The molecule has 1 aliphatic carbocycles. The molecule has 2 atom stereocenters. The predicted molar refractivity (Wildman–Crippen MR) is 107 cm³/mol. The minimum atomic E-state index is -1.53. The van der Waals surface area contributed by atoms with E-state index in [1.807, 2.05) is 0 Å². The van der Waals surface area contributed by atoms with Gasteiger partial charge in [-0.15, -0.1) is 0 Å². The second-order valence-electron chi connectivity index (χ2n) is 9.04. The van der Waals surface area contributed by atoms with Gasteiger partial charge in [0.2, 0.25) is 0 Å². The Hall–Kier alpha value is -2.20. The van der Waals surface area contributed by atoms with Gasteiger partial charge < -0.3 is 10.3 Å². The molecule has 0 amide bonds. The molecule has 3 rings (SSSR count). The van der Waals surface area contributed by atoms with Crippen molar-refractivity contribution in [2.24, 2.45) is 22.7 Å². The molecule has 1 saturated carbocycles. The van der Waals surface area contributed by atoms with Crippen LogP contribution < -0.4 is 0 Å². The zero-order valence-electron chi connectivity index (χ0n) is 17.4. The fraction of sp³-hybridized carbons (Fsp3) is 0.727. The van der Waals surface area contributed by atoms with Crippen LogP contribution in [0, 0.1) is 62.1 Å². The zero-order chi connectivity index (χ0) is 20.7. The van der Waals surface area contributed by atoms with Gasteiger partial charge >= 0.3 is 0 Å². The minimum Gasteiger partial charge on any atom is -0.305 e. The van der Waals surface area contributed by atoms with E-state index in [4.69, 9.17) is 5.41 Å². The highest BCUT2D eigenvalue weighted by Gasteiger charge is 2.66. The molecule has 0 aromatic rings. The molecule has 0 unspecified atom stereocenters. The monoisotopic (exact) mass is 378 g/mol. The van der Waals surface area contributed by atoms with Crippen LogP contribution in [0.2, 0.25) is 0 Å². The van der Waals surface area contributed by atoms with E-state index in [0.717, 1.165) is 31.8 Å². The van der Waals surface area contributed by atoms with Gasteiger partial charge in [-0.2, -0.15) is 15.8 Å². The van der Waals surface area contributed by atoms with Gasteiger partial charge in [0.1, 0.15) is 5.92 Å². The van der Waals surface area contributed by atoms with Crippen LogP contribution in [-0.4, -0.2) is 53.8 Å². The smallest absolute Gasteiger partial charge is 0.188 e. The first-order valence-corrected chi connectivity index (χ1v) is 10.3. The van der Waals surface area contributed by atoms with Crippen molar-refractivity contribution in [3.05, 3.63) is 11.6 Å². The summed E-state index contributed by atoms with van der Waals surface area (Å²) in [6.07, 6.45) is 3.52. The number of nitriles is 3. The minimum absolute atomic E-state index is 0.00139. The number of nitrogens with one attached hydrogen (secondary N) is 1. The molecule has 2 heterocycles. The van der Waals surface area contributed by atoms with Crippen molar-refractivity contribution < 1.29 is 0 Å². The summed E-state index contributed by atoms with van der Waals surface area (Å²) >= 11 is 0. The predicted octanol–water partition coefficient (Wildman–Crippen LogP) is 2.95. The van der Waals surface area contributed by atoms with Crippen LogP contribution in [0.25, 0.3) is 0 Å². The first-order valence-electron chi connectivity index (χ1n) is 10.3. The number of nitrogens with zero attached hydrogens (tertiary/aromatic N) is 5. The van der Waals surface area contributed by atoms with Gasteiger partial charge in [-0.3, -0.25) is 4.90 Å². The van der Waals surface area contributed by atoms with E-state index in [2.05, 4.69) is 61.8 Å². The Morgan fingerprint density at radius 1 is 1.04 bits per heavy atom. The first kappa shape index (κ1) is 20.5. The van der Waals surface area contributed by atoms with Crippen LogP contribution in [-0.2, 0) is 0 Å². The van der Waals surface area contributed by atoms with Crippen LogP contribution >= 0.6 is 0 Å². The maximum absolute atomic E-state index is 10.2. The molecule has 1 N–H and O–H groups in total. The number of piperidine rings is 1. The normalized spacial score (nSPS) is 29.7. The molecule has 6 heteroatoms. The Labute approximate surface area is 168 Å². The topological polar surface area (TPSA) is 102 Å². The third-order valence-corrected chi connectivity index (χ3v) is 7.44. The molecule has 148 valence electrons. The van der Waals surface area contributed by atoms with Crippen molar-refractivity contribution in [1.82, 2.24) is 9.80 Å².